The Bertz CT molecular complexity index is 1280. The minimum atomic E-state index is -0.772. The number of aromatic nitrogens is 1. The summed E-state index contributed by atoms with van der Waals surface area (Å²) in [5.74, 6) is -2.08. The van der Waals surface area contributed by atoms with Crippen LogP contribution < -0.4 is 21.1 Å². The van der Waals surface area contributed by atoms with E-state index in [9.17, 15) is 18.8 Å². The minimum absolute atomic E-state index is 0.0667. The molecule has 0 aliphatic heterocycles. The number of hydrogen-bond donors (Lipinski definition) is 3. The Morgan fingerprint density at radius 3 is 2.65 bits per heavy atom. The average Bonchev–Trinajstić information content (AvgIpc) is 3.53. The van der Waals surface area contributed by atoms with E-state index in [2.05, 4.69) is 31.5 Å². The Morgan fingerprint density at radius 1 is 1.18 bits per heavy atom. The highest BCUT2D eigenvalue weighted by molar-refractivity contribution is 9.10. The van der Waals surface area contributed by atoms with Crippen LogP contribution in [-0.2, 0) is 0 Å². The summed E-state index contributed by atoms with van der Waals surface area (Å²) in [6.45, 7) is 1.30. The Balaban J connectivity index is 1.55. The number of Topliss-reactive ketones (excluding diaryl/α,β-unsaturated/α-hetero) is 1. The molecular weight excluding hydrogens is 507 g/mol. The van der Waals surface area contributed by atoms with Crippen molar-refractivity contribution in [3.05, 3.63) is 81.7 Å². The smallest absolute Gasteiger partial charge is 0.343 e. The van der Waals surface area contributed by atoms with Crippen molar-refractivity contribution in [1.82, 2.24) is 10.3 Å². The predicted molar refractivity (Wildman–Crippen MR) is 127 cm³/mol. The maximum absolute atomic E-state index is 14.9. The molecule has 0 unspecified atom stereocenters. The first-order chi connectivity index (χ1) is 16.2. The molecule has 8 nitrogen and oxygen atoms in total. The number of nitrogens with two attached hydrogens (primary N) is 1. The third-order valence-corrected chi connectivity index (χ3v) is 5.76. The first kappa shape index (κ1) is 23.4. The normalized spacial score (nSPS) is 16.4. The maximum Gasteiger partial charge on any atom is 0.343 e. The van der Waals surface area contributed by atoms with Gasteiger partial charge in [-0.3, -0.25) is 10.1 Å². The van der Waals surface area contributed by atoms with Gasteiger partial charge in [-0.2, -0.15) is 0 Å². The predicted octanol–water partition coefficient (Wildman–Crippen LogP) is 4.66. The van der Waals surface area contributed by atoms with E-state index in [1.807, 2.05) is 0 Å². The molecule has 1 fully saturated rings. The molecule has 174 valence electrons. The average molecular weight is 527 g/mol. The summed E-state index contributed by atoms with van der Waals surface area (Å²) in [6, 6.07) is 11.0. The van der Waals surface area contributed by atoms with Crippen molar-refractivity contribution in [2.45, 2.75) is 25.3 Å². The lowest BCUT2D eigenvalue weighted by molar-refractivity contribution is 0.0730. The molecule has 2 atom stereocenters. The van der Waals surface area contributed by atoms with Gasteiger partial charge in [0.05, 0.1) is 11.1 Å². The highest BCUT2D eigenvalue weighted by Gasteiger charge is 2.44. The van der Waals surface area contributed by atoms with Gasteiger partial charge in [-0.15, -0.1) is 0 Å². The Labute approximate surface area is 202 Å². The van der Waals surface area contributed by atoms with E-state index >= 15 is 0 Å². The number of carbonyl (C=O) groups excluding carboxylic acids is 3. The second-order valence-corrected chi connectivity index (χ2v) is 8.73. The molecule has 0 radical (unpaired) electrons. The lowest BCUT2D eigenvalue weighted by atomic mass is 10.0. The Hall–Kier alpha value is -3.79. The number of amides is 2. The van der Waals surface area contributed by atoms with Crippen molar-refractivity contribution in [2.75, 3.05) is 11.1 Å². The number of benzene rings is 2. The molecule has 1 saturated carbocycles. The third-order valence-electron chi connectivity index (χ3n) is 5.29. The van der Waals surface area contributed by atoms with E-state index in [1.165, 1.54) is 25.1 Å². The van der Waals surface area contributed by atoms with Crippen LogP contribution in [0.2, 0.25) is 0 Å². The first-order valence-corrected chi connectivity index (χ1v) is 11.1. The van der Waals surface area contributed by atoms with Gasteiger partial charge < -0.3 is 15.8 Å². The molecular formula is C24H20BrFN4O4. The van der Waals surface area contributed by atoms with Gasteiger partial charge in [0, 0.05) is 33.9 Å². The van der Waals surface area contributed by atoms with Crippen molar-refractivity contribution < 1.29 is 23.5 Å². The van der Waals surface area contributed by atoms with Crippen molar-refractivity contribution in [1.29, 1.82) is 0 Å². The minimum Gasteiger partial charge on any atom is -0.422 e. The van der Waals surface area contributed by atoms with Crippen LogP contribution in [0.3, 0.4) is 0 Å². The van der Waals surface area contributed by atoms with E-state index in [4.69, 9.17) is 10.5 Å². The van der Waals surface area contributed by atoms with Gasteiger partial charge in [-0.25, -0.2) is 19.0 Å². The number of ether oxygens (including phenoxy) is 1. The molecule has 0 spiro atoms. The molecule has 34 heavy (non-hydrogen) atoms. The summed E-state index contributed by atoms with van der Waals surface area (Å²) in [6.07, 6.45) is 1.95. The second kappa shape index (κ2) is 9.60. The van der Waals surface area contributed by atoms with Crippen LogP contribution in [0.5, 0.6) is 5.75 Å². The van der Waals surface area contributed by atoms with Crippen LogP contribution in [0.1, 0.15) is 45.5 Å². The van der Waals surface area contributed by atoms with Gasteiger partial charge in [0.15, 0.2) is 5.78 Å². The monoisotopic (exact) mass is 526 g/mol. The second-order valence-electron chi connectivity index (χ2n) is 7.82. The molecule has 1 aliphatic rings. The number of halogens is 2. The number of rotatable bonds is 6. The summed E-state index contributed by atoms with van der Waals surface area (Å²) >= 11 is 3.27. The molecule has 4 N–H and O–H groups in total. The van der Waals surface area contributed by atoms with Gasteiger partial charge in [0.1, 0.15) is 17.4 Å². The number of nitrogens with zero attached hydrogens (tertiary/aromatic N) is 1. The van der Waals surface area contributed by atoms with Gasteiger partial charge >= 0.3 is 12.0 Å². The standard InChI is InChI=1S/C24H20BrFN4O4/c1-12(31)16-6-7-18(26)21(22(16)34-23(32)13-3-2-4-15(27)9-13)17-10-19(17)29-24(33)30-20-8-5-14(25)11-28-20/h2-9,11,17,19H,10,27H2,1H3,(H2,28,29,30,33)/t17-,19+/m0/s1. The van der Waals surface area contributed by atoms with Crippen LogP contribution in [-0.4, -0.2) is 28.8 Å². The highest BCUT2D eigenvalue weighted by atomic mass is 79.9. The van der Waals surface area contributed by atoms with Crippen LogP contribution >= 0.6 is 15.9 Å². The lowest BCUT2D eigenvalue weighted by Crippen LogP contribution is -2.31. The Morgan fingerprint density at radius 2 is 1.97 bits per heavy atom. The van der Waals surface area contributed by atoms with Gasteiger partial charge in [-0.1, -0.05) is 6.07 Å². The number of carbonyl (C=O) groups is 3. The number of ketones is 1. The van der Waals surface area contributed by atoms with Crippen molar-refractivity contribution in [3.8, 4) is 5.75 Å². The number of hydrogen-bond acceptors (Lipinski definition) is 6. The molecule has 1 aromatic heterocycles. The van der Waals surface area contributed by atoms with Crippen LogP contribution in [0.15, 0.2) is 59.2 Å². The molecule has 10 heteroatoms. The van der Waals surface area contributed by atoms with Crippen molar-refractivity contribution >= 4 is 45.2 Å². The number of nitrogen functional groups attached to an aromatic ring is 1. The van der Waals surface area contributed by atoms with Crippen LogP contribution in [0.4, 0.5) is 20.7 Å². The summed E-state index contributed by atoms with van der Waals surface area (Å²) < 4.78 is 21.2. The molecule has 0 saturated heterocycles. The summed E-state index contributed by atoms with van der Waals surface area (Å²) in [7, 11) is 0. The number of pyridine rings is 1. The summed E-state index contributed by atoms with van der Waals surface area (Å²) in [4.78, 5) is 41.4. The van der Waals surface area contributed by atoms with Gasteiger partial charge in [0.2, 0.25) is 0 Å². The van der Waals surface area contributed by atoms with Crippen molar-refractivity contribution in [3.63, 3.8) is 0 Å². The van der Waals surface area contributed by atoms with E-state index in [0.29, 0.717) is 17.9 Å². The Kier molecular flexibility index (Phi) is 6.60. The number of nitrogens with one attached hydrogen (secondary N) is 2. The van der Waals surface area contributed by atoms with Crippen LogP contribution in [0, 0.1) is 5.82 Å². The zero-order valence-electron chi connectivity index (χ0n) is 18.0. The largest absolute Gasteiger partial charge is 0.422 e. The fraction of sp³-hybridized carbons (Fsp3) is 0.167. The van der Waals surface area contributed by atoms with E-state index < -0.39 is 29.8 Å². The van der Waals surface area contributed by atoms with E-state index in [1.54, 1.807) is 30.5 Å². The van der Waals surface area contributed by atoms with Gasteiger partial charge in [0.25, 0.3) is 0 Å². The molecule has 4 rings (SSSR count). The first-order valence-electron chi connectivity index (χ1n) is 10.3. The quantitative estimate of drug-likeness (QED) is 0.185. The molecule has 1 aliphatic carbocycles. The molecule has 2 aromatic carbocycles. The summed E-state index contributed by atoms with van der Waals surface area (Å²) in [5, 5.41) is 5.35. The third kappa shape index (κ3) is 5.23. The van der Waals surface area contributed by atoms with Crippen LogP contribution in [0.25, 0.3) is 0 Å². The van der Waals surface area contributed by atoms with Crippen molar-refractivity contribution in [2.24, 2.45) is 0 Å². The fourth-order valence-corrected chi connectivity index (χ4v) is 3.80. The SMILES string of the molecule is CC(=O)c1ccc(F)c([C@H]2C[C@H]2NC(=O)Nc2ccc(Br)cn2)c1OC(=O)c1cccc(N)c1. The molecule has 3 aromatic rings. The summed E-state index contributed by atoms with van der Waals surface area (Å²) in [5.41, 5.74) is 6.39. The molecule has 2 amide bonds. The zero-order chi connectivity index (χ0) is 24.4. The van der Waals surface area contributed by atoms with E-state index in [0.717, 1.165) is 10.5 Å². The molecule has 1 heterocycles. The number of anilines is 2. The number of urea groups is 1. The lowest BCUT2D eigenvalue weighted by Gasteiger charge is -2.15. The molecule has 0 bridgehead atoms. The van der Waals surface area contributed by atoms with E-state index in [-0.39, 0.29) is 28.2 Å². The highest BCUT2D eigenvalue weighted by Crippen LogP contribution is 2.47. The number of esters is 1. The van der Waals surface area contributed by atoms with Gasteiger partial charge in [-0.05, 0) is 71.7 Å². The zero-order valence-corrected chi connectivity index (χ0v) is 19.6. The maximum atomic E-state index is 14.9. The fourth-order valence-electron chi connectivity index (χ4n) is 3.57. The topological polar surface area (TPSA) is 123 Å².